The fraction of sp³-hybridized carbons (Fsp3) is 0.143. The molecule has 0 radical (unpaired) electrons. The number of halogens is 2. The van der Waals surface area contributed by atoms with E-state index in [1.54, 1.807) is 30.3 Å². The summed E-state index contributed by atoms with van der Waals surface area (Å²) < 4.78 is 34.7. The number of anilines is 1. The molecule has 150 valence electrons. The number of rotatable bonds is 8. The van der Waals surface area contributed by atoms with Crippen LogP contribution in [0.1, 0.15) is 11.1 Å². The Morgan fingerprint density at radius 3 is 2.69 bits per heavy atom. The van der Waals surface area contributed by atoms with Gasteiger partial charge in [-0.2, -0.15) is 8.78 Å². The first-order valence-electron chi connectivity index (χ1n) is 8.37. The van der Waals surface area contributed by atoms with Gasteiger partial charge in [0.25, 0.3) is 0 Å². The van der Waals surface area contributed by atoms with E-state index in [-0.39, 0.29) is 23.6 Å². The third-order valence-electron chi connectivity index (χ3n) is 3.59. The number of carbonyl (C=O) groups excluding carboxylic acids is 2. The molecule has 0 aliphatic rings. The molecule has 2 N–H and O–H groups in total. The smallest absolute Gasteiger partial charge is 0.387 e. The molecule has 0 unspecified atom stereocenters. The summed E-state index contributed by atoms with van der Waals surface area (Å²) in [4.78, 5) is 23.9. The van der Waals surface area contributed by atoms with Crippen LogP contribution < -0.4 is 20.1 Å². The van der Waals surface area contributed by atoms with Crippen LogP contribution in [-0.2, 0) is 9.59 Å². The first kappa shape index (κ1) is 21.4. The van der Waals surface area contributed by atoms with Crippen molar-refractivity contribution in [1.29, 1.82) is 0 Å². The van der Waals surface area contributed by atoms with Crippen molar-refractivity contribution < 1.29 is 27.8 Å². The highest BCUT2D eigenvalue weighted by molar-refractivity contribution is 5.98. The Kier molecular flexibility index (Phi) is 7.74. The number of para-hydroxylation sites is 1. The van der Waals surface area contributed by atoms with Crippen molar-refractivity contribution in [3.05, 3.63) is 59.7 Å². The first-order chi connectivity index (χ1) is 13.9. The van der Waals surface area contributed by atoms with Crippen molar-refractivity contribution >= 4 is 23.6 Å². The van der Waals surface area contributed by atoms with E-state index in [1.165, 1.54) is 25.3 Å². The van der Waals surface area contributed by atoms with Gasteiger partial charge in [-0.3, -0.25) is 9.59 Å². The zero-order valence-corrected chi connectivity index (χ0v) is 15.4. The van der Waals surface area contributed by atoms with Crippen molar-refractivity contribution in [3.8, 4) is 23.8 Å². The predicted octanol–water partition coefficient (Wildman–Crippen LogP) is 3.05. The summed E-state index contributed by atoms with van der Waals surface area (Å²) in [5, 5.41) is 4.99. The van der Waals surface area contributed by atoms with E-state index in [4.69, 9.17) is 11.2 Å². The van der Waals surface area contributed by atoms with E-state index in [1.807, 2.05) is 0 Å². The van der Waals surface area contributed by atoms with Crippen molar-refractivity contribution in [2.24, 2.45) is 0 Å². The summed E-state index contributed by atoms with van der Waals surface area (Å²) in [7, 11) is 1.31. The van der Waals surface area contributed by atoms with Crippen molar-refractivity contribution in [1.82, 2.24) is 5.32 Å². The van der Waals surface area contributed by atoms with Crippen LogP contribution in [0.2, 0.25) is 0 Å². The highest BCUT2D eigenvalue weighted by Crippen LogP contribution is 2.33. The predicted molar refractivity (Wildman–Crippen MR) is 105 cm³/mol. The Labute approximate surface area is 166 Å². The third-order valence-corrected chi connectivity index (χ3v) is 3.59. The third kappa shape index (κ3) is 6.66. The highest BCUT2D eigenvalue weighted by Gasteiger charge is 2.14. The number of terminal acetylenes is 1. The van der Waals surface area contributed by atoms with E-state index in [0.717, 1.165) is 6.08 Å². The minimum absolute atomic E-state index is 0.0986. The zero-order chi connectivity index (χ0) is 21.2. The number of hydrogen-bond donors (Lipinski definition) is 2. The van der Waals surface area contributed by atoms with Crippen LogP contribution in [0.15, 0.2) is 48.5 Å². The van der Waals surface area contributed by atoms with Gasteiger partial charge < -0.3 is 20.1 Å². The van der Waals surface area contributed by atoms with Gasteiger partial charge in [0, 0.05) is 22.9 Å². The normalized spacial score (nSPS) is 10.4. The Morgan fingerprint density at radius 1 is 1.24 bits per heavy atom. The van der Waals surface area contributed by atoms with Crippen molar-refractivity contribution in [3.63, 3.8) is 0 Å². The van der Waals surface area contributed by atoms with E-state index in [2.05, 4.69) is 21.3 Å². The average molecular weight is 400 g/mol. The summed E-state index contributed by atoms with van der Waals surface area (Å²) >= 11 is 0. The molecule has 2 aromatic carbocycles. The second kappa shape index (κ2) is 10.5. The molecule has 29 heavy (non-hydrogen) atoms. The number of hydrogen-bond acceptors (Lipinski definition) is 4. The lowest BCUT2D eigenvalue weighted by Crippen LogP contribution is -2.31. The molecule has 0 fully saturated rings. The molecular weight excluding hydrogens is 382 g/mol. The molecule has 0 aromatic heterocycles. The Hall–Kier alpha value is -3.86. The molecule has 6 nitrogen and oxygen atoms in total. The van der Waals surface area contributed by atoms with Gasteiger partial charge in [0.15, 0.2) is 11.5 Å². The Balaban J connectivity index is 1.96. The van der Waals surface area contributed by atoms with Crippen molar-refractivity contribution in [2.45, 2.75) is 6.61 Å². The maximum Gasteiger partial charge on any atom is 0.387 e. The van der Waals surface area contributed by atoms with Gasteiger partial charge in [0.2, 0.25) is 11.8 Å². The largest absolute Gasteiger partial charge is 0.493 e. The quantitative estimate of drug-likeness (QED) is 0.528. The molecule has 2 amide bonds. The van der Waals surface area contributed by atoms with Gasteiger partial charge in [0.05, 0.1) is 13.7 Å². The second-order valence-corrected chi connectivity index (χ2v) is 5.58. The maximum absolute atomic E-state index is 12.6. The van der Waals surface area contributed by atoms with Gasteiger partial charge in [0.1, 0.15) is 0 Å². The molecule has 0 aliphatic heterocycles. The fourth-order valence-corrected chi connectivity index (χ4v) is 2.32. The molecule has 0 saturated carbocycles. The minimum Gasteiger partial charge on any atom is -0.493 e. The van der Waals surface area contributed by atoms with Crippen LogP contribution in [0.5, 0.6) is 11.5 Å². The molecule has 2 aromatic rings. The molecular formula is C21H18F2N2O4. The van der Waals surface area contributed by atoms with E-state index < -0.39 is 18.4 Å². The number of ether oxygens (including phenoxy) is 2. The van der Waals surface area contributed by atoms with Gasteiger partial charge in [-0.05, 0) is 30.3 Å². The summed E-state index contributed by atoms with van der Waals surface area (Å²) in [5.74, 6) is 1.31. The number of amides is 2. The standard InChI is InChI=1S/C21H18F2N2O4/c1-3-14-6-4-8-16(12-14)25-19(27)13-24-18(26)11-10-15-7-5-9-17(28-2)20(15)29-21(22)23/h1,4-12,21H,13H2,2H3,(H,24,26)(H,25,27). The van der Waals surface area contributed by atoms with Crippen molar-refractivity contribution in [2.75, 3.05) is 19.0 Å². The number of carbonyl (C=O) groups is 2. The van der Waals surface area contributed by atoms with E-state index in [0.29, 0.717) is 11.3 Å². The lowest BCUT2D eigenvalue weighted by atomic mass is 10.1. The maximum atomic E-state index is 12.6. The Morgan fingerprint density at radius 2 is 2.00 bits per heavy atom. The van der Waals surface area contributed by atoms with E-state index in [9.17, 15) is 18.4 Å². The molecule has 0 saturated heterocycles. The first-order valence-corrected chi connectivity index (χ1v) is 8.37. The molecule has 0 bridgehead atoms. The monoisotopic (exact) mass is 400 g/mol. The Bertz CT molecular complexity index is 952. The number of nitrogens with one attached hydrogen (secondary N) is 2. The van der Waals surface area contributed by atoms with Crippen LogP contribution in [0.25, 0.3) is 6.08 Å². The van der Waals surface area contributed by atoms with Crippen LogP contribution in [0, 0.1) is 12.3 Å². The summed E-state index contributed by atoms with van der Waals surface area (Å²) in [6.07, 6.45) is 7.68. The van der Waals surface area contributed by atoms with Gasteiger partial charge in [-0.1, -0.05) is 24.1 Å². The lowest BCUT2D eigenvalue weighted by molar-refractivity contribution is -0.121. The van der Waals surface area contributed by atoms with Crippen LogP contribution in [0.4, 0.5) is 14.5 Å². The zero-order valence-electron chi connectivity index (χ0n) is 15.4. The molecule has 0 atom stereocenters. The molecule has 0 aliphatic carbocycles. The number of benzene rings is 2. The molecule has 8 heteroatoms. The number of alkyl halides is 2. The molecule has 2 rings (SSSR count). The summed E-state index contributed by atoms with van der Waals surface area (Å²) in [6.45, 7) is -3.34. The average Bonchev–Trinajstić information content (AvgIpc) is 2.71. The van der Waals surface area contributed by atoms with Crippen LogP contribution >= 0.6 is 0 Å². The van der Waals surface area contributed by atoms with Gasteiger partial charge in [-0.25, -0.2) is 0 Å². The van der Waals surface area contributed by atoms with Crippen LogP contribution in [0.3, 0.4) is 0 Å². The highest BCUT2D eigenvalue weighted by atomic mass is 19.3. The minimum atomic E-state index is -3.05. The molecule has 0 spiro atoms. The SMILES string of the molecule is C#Cc1cccc(NC(=O)CNC(=O)C=Cc2cccc(OC)c2OC(F)F)c1. The van der Waals surface area contributed by atoms with E-state index >= 15 is 0 Å². The van der Waals surface area contributed by atoms with Gasteiger partial charge in [-0.15, -0.1) is 6.42 Å². The van der Waals surface area contributed by atoms with Crippen LogP contribution in [-0.4, -0.2) is 32.1 Å². The number of methoxy groups -OCH3 is 1. The summed E-state index contributed by atoms with van der Waals surface area (Å²) in [5.41, 5.74) is 1.32. The second-order valence-electron chi connectivity index (χ2n) is 5.58. The molecule has 0 heterocycles. The lowest BCUT2D eigenvalue weighted by Gasteiger charge is -2.12. The van der Waals surface area contributed by atoms with Gasteiger partial charge >= 0.3 is 6.61 Å². The fourth-order valence-electron chi connectivity index (χ4n) is 2.32. The summed E-state index contributed by atoms with van der Waals surface area (Å²) in [6, 6.07) is 11.2. The topological polar surface area (TPSA) is 76.7 Å².